The quantitative estimate of drug-likeness (QED) is 0.0515. The average molecular weight is 1380 g/mol. The van der Waals surface area contributed by atoms with E-state index in [1.165, 1.54) is 117 Å². The van der Waals surface area contributed by atoms with Crippen LogP contribution in [-0.4, -0.2) is 0 Å². The molecule has 0 aliphatic heterocycles. The van der Waals surface area contributed by atoms with Gasteiger partial charge in [0.15, 0.2) is 0 Å². The molecule has 8 heteroatoms. The van der Waals surface area contributed by atoms with Gasteiger partial charge in [-0.15, -0.1) is 0 Å². The fraction of sp³-hybridized carbons (Fsp3) is 0.500. The fourth-order valence-corrected chi connectivity index (χ4v) is 17.1. The van der Waals surface area contributed by atoms with Gasteiger partial charge in [-0.3, -0.25) is 0 Å². The molecule has 0 saturated carbocycles. The van der Waals surface area contributed by atoms with Gasteiger partial charge in [-0.1, -0.05) is 273 Å². The molecule has 7 aromatic rings. The van der Waals surface area contributed by atoms with Crippen LogP contribution in [0.5, 0.6) is 0 Å². The average Bonchev–Trinajstić information content (AvgIpc) is 1.02. The summed E-state index contributed by atoms with van der Waals surface area (Å²) >= 11 is 21.6. The predicted octanol–water partition coefficient (Wildman–Crippen LogP) is 26.2. The molecule has 92 heavy (non-hydrogen) atoms. The Morgan fingerprint density at radius 2 is 0.272 bits per heavy atom. The number of thiol groups is 2. The van der Waals surface area contributed by atoms with E-state index in [0.717, 1.165) is 80.5 Å². The standard InChI is InChI=1S/C84H114S8/c1-78(2,3)71-29-57(43-85)22-59(31-71)45-87-47-61-24-63(35-73(33-61)80(7,8)9)49-89-51-65-26-67(39-75(37-65)82(13,14)15)53-91-55-69-28-70(42-77(41-69)84(19,20)21)56-92-54-68-27-66(38-76(40-68)83(16,17)18)52-90-50-64-25-62(34-74(36-64)81(10,11)12)48-88-46-60-23-58(44-86)30-72(32-60)79(4,5)6/h22-42,85-86H,43-56H2,1-21H3. The van der Waals surface area contributed by atoms with E-state index in [9.17, 15) is 0 Å². The maximum Gasteiger partial charge on any atom is 0.0188 e. The molecule has 0 nitrogen and oxygen atoms in total. The Labute approximate surface area is 598 Å². The van der Waals surface area contributed by atoms with Gasteiger partial charge >= 0.3 is 0 Å². The van der Waals surface area contributed by atoms with Crippen molar-refractivity contribution in [3.8, 4) is 0 Å². The third kappa shape index (κ3) is 24.4. The Balaban J connectivity index is 0.973. The monoisotopic (exact) mass is 1380 g/mol. The summed E-state index contributed by atoms with van der Waals surface area (Å²) in [6.45, 7) is 49.3. The molecule has 0 fully saturated rings. The molecular weight excluding hydrogens is 1270 g/mol. The van der Waals surface area contributed by atoms with E-state index in [1.54, 1.807) is 0 Å². The molecule has 0 atom stereocenters. The minimum atomic E-state index is 0.0657. The summed E-state index contributed by atoms with van der Waals surface area (Å²) < 4.78 is 0. The first kappa shape index (κ1) is 76.7. The number of hydrogen-bond acceptors (Lipinski definition) is 8. The van der Waals surface area contributed by atoms with E-state index < -0.39 is 0 Å². The summed E-state index contributed by atoms with van der Waals surface area (Å²) in [6.07, 6.45) is 0. The second-order valence-corrected chi connectivity index (χ2v) is 39.8. The minimum absolute atomic E-state index is 0.0657. The van der Waals surface area contributed by atoms with Crippen LogP contribution in [0.15, 0.2) is 127 Å². The molecule has 0 bridgehead atoms. The largest absolute Gasteiger partial charge is 0.175 e. The molecule has 0 amide bonds. The van der Waals surface area contributed by atoms with Crippen LogP contribution in [0.3, 0.4) is 0 Å². The predicted molar refractivity (Wildman–Crippen MR) is 431 cm³/mol. The molecule has 0 unspecified atom stereocenters. The summed E-state index contributed by atoms with van der Waals surface area (Å²) in [5, 5.41) is 0. The van der Waals surface area contributed by atoms with Gasteiger partial charge in [-0.2, -0.15) is 95.8 Å². The van der Waals surface area contributed by atoms with Crippen LogP contribution in [0.4, 0.5) is 0 Å². The van der Waals surface area contributed by atoms with E-state index in [1.807, 2.05) is 23.5 Å². The van der Waals surface area contributed by atoms with Crippen molar-refractivity contribution in [2.45, 2.75) is 264 Å². The molecule has 0 spiro atoms. The molecule has 7 rings (SSSR count). The van der Waals surface area contributed by atoms with Crippen LogP contribution in [0.1, 0.15) is 262 Å². The number of rotatable bonds is 26. The van der Waals surface area contributed by atoms with E-state index in [4.69, 9.17) is 0 Å². The highest BCUT2D eigenvalue weighted by molar-refractivity contribution is 7.98. The minimum Gasteiger partial charge on any atom is -0.175 e. The van der Waals surface area contributed by atoms with Crippen LogP contribution in [-0.2, 0) is 118 Å². The Hall–Kier alpha value is -2.66. The zero-order chi connectivity index (χ0) is 67.6. The third-order valence-electron chi connectivity index (χ3n) is 17.0. The summed E-state index contributed by atoms with van der Waals surface area (Å²) in [5.74, 6) is 13.5. The van der Waals surface area contributed by atoms with Crippen molar-refractivity contribution in [1.29, 1.82) is 0 Å². The van der Waals surface area contributed by atoms with Crippen LogP contribution < -0.4 is 0 Å². The normalized spacial score (nSPS) is 12.9. The highest BCUT2D eigenvalue weighted by Gasteiger charge is 2.23. The molecule has 0 aromatic heterocycles. The van der Waals surface area contributed by atoms with E-state index in [2.05, 4.69) is 345 Å². The Bertz CT molecular complexity index is 3330. The Kier molecular flexibility index (Phi) is 27.3. The van der Waals surface area contributed by atoms with Crippen molar-refractivity contribution >= 4 is 95.8 Å². The van der Waals surface area contributed by atoms with Gasteiger partial charge < -0.3 is 0 Å². The van der Waals surface area contributed by atoms with Crippen molar-refractivity contribution < 1.29 is 0 Å². The van der Waals surface area contributed by atoms with E-state index in [0.29, 0.717) is 0 Å². The molecular formula is C84H114S8. The number of hydrogen-bond donors (Lipinski definition) is 2. The molecule has 0 N–H and O–H groups in total. The number of thioether (sulfide) groups is 6. The summed E-state index contributed by atoms with van der Waals surface area (Å²) in [7, 11) is 0. The lowest BCUT2D eigenvalue weighted by molar-refractivity contribution is 0.588. The zero-order valence-corrected chi connectivity index (χ0v) is 67.1. The fourth-order valence-electron chi connectivity index (χ4n) is 11.3. The molecule has 0 saturated heterocycles. The Morgan fingerprint density at radius 1 is 0.174 bits per heavy atom. The topological polar surface area (TPSA) is 0 Å². The lowest BCUT2D eigenvalue weighted by Gasteiger charge is -2.23. The maximum absolute atomic E-state index is 4.65. The lowest BCUT2D eigenvalue weighted by atomic mass is 9.85. The highest BCUT2D eigenvalue weighted by atomic mass is 32.2. The molecule has 0 radical (unpaired) electrons. The smallest absolute Gasteiger partial charge is 0.0188 e. The van der Waals surface area contributed by atoms with Crippen molar-refractivity contribution in [3.05, 3.63) is 244 Å². The molecule has 7 aromatic carbocycles. The van der Waals surface area contributed by atoms with Crippen molar-refractivity contribution in [2.75, 3.05) is 0 Å². The molecule has 0 aliphatic rings. The molecule has 498 valence electrons. The van der Waals surface area contributed by atoms with Gasteiger partial charge in [0, 0.05) is 80.5 Å². The van der Waals surface area contributed by atoms with Gasteiger partial charge in [-0.25, -0.2) is 0 Å². The number of benzene rings is 7. The summed E-state index contributed by atoms with van der Waals surface area (Å²) in [4.78, 5) is 0. The van der Waals surface area contributed by atoms with E-state index in [-0.39, 0.29) is 37.9 Å². The Morgan fingerprint density at radius 3 is 0.370 bits per heavy atom. The van der Waals surface area contributed by atoms with Crippen LogP contribution in [0.2, 0.25) is 0 Å². The van der Waals surface area contributed by atoms with Crippen molar-refractivity contribution in [1.82, 2.24) is 0 Å². The SMILES string of the molecule is CC(C)(C)c1cc(CS)cc(CSCc2cc(CSCc3cc(CSCc4cc(CSCc5cc(CSCc6cc(CSCc7cc(CS)cc(C(C)(C)C)c7)cc(C(C)(C)C)c6)cc(C(C)(C)C)c5)cc(C(C)(C)C)c4)cc(C(C)(C)C)c3)cc(C(C)(C)C)c2)c1. The van der Waals surface area contributed by atoms with Crippen molar-refractivity contribution in [2.24, 2.45) is 0 Å². The second-order valence-electron chi connectivity index (χ2n) is 33.3. The van der Waals surface area contributed by atoms with E-state index >= 15 is 0 Å². The van der Waals surface area contributed by atoms with Gasteiger partial charge in [0.2, 0.25) is 0 Å². The zero-order valence-electron chi connectivity index (χ0n) is 60.4. The lowest BCUT2D eigenvalue weighted by Crippen LogP contribution is -2.12. The third-order valence-corrected chi connectivity index (χ3v) is 24.2. The van der Waals surface area contributed by atoms with Gasteiger partial charge in [0.05, 0.1) is 0 Å². The summed E-state index contributed by atoms with van der Waals surface area (Å²) in [6, 6.07) is 51.4. The van der Waals surface area contributed by atoms with Crippen molar-refractivity contribution in [3.63, 3.8) is 0 Å². The van der Waals surface area contributed by atoms with Gasteiger partial charge in [-0.05, 0) is 155 Å². The van der Waals surface area contributed by atoms with Crippen LogP contribution in [0.25, 0.3) is 0 Å². The van der Waals surface area contributed by atoms with Crippen LogP contribution in [0, 0.1) is 0 Å². The summed E-state index contributed by atoms with van der Waals surface area (Å²) in [5.41, 5.74) is 30.3. The molecule has 0 aliphatic carbocycles. The maximum atomic E-state index is 4.65. The van der Waals surface area contributed by atoms with Gasteiger partial charge in [0.1, 0.15) is 0 Å². The first-order chi connectivity index (χ1) is 42.8. The molecule has 0 heterocycles. The first-order valence-corrected chi connectivity index (χ1v) is 41.6. The first-order valence-electron chi connectivity index (χ1n) is 33.4. The van der Waals surface area contributed by atoms with Crippen LogP contribution >= 0.6 is 95.8 Å². The highest BCUT2D eigenvalue weighted by Crippen LogP contribution is 2.38. The van der Waals surface area contributed by atoms with Gasteiger partial charge in [0.25, 0.3) is 0 Å². The second kappa shape index (κ2) is 32.8.